The summed E-state index contributed by atoms with van der Waals surface area (Å²) in [6.07, 6.45) is 3.28. The van der Waals surface area contributed by atoms with Crippen LogP contribution in [0.1, 0.15) is 36.6 Å². The molecule has 0 radical (unpaired) electrons. The van der Waals surface area contributed by atoms with Crippen molar-refractivity contribution in [3.8, 4) is 0 Å². The second kappa shape index (κ2) is 5.73. The van der Waals surface area contributed by atoms with Gasteiger partial charge in [-0.3, -0.25) is 9.67 Å². The largest absolute Gasteiger partial charge is 0.322 e. The zero-order valence-corrected chi connectivity index (χ0v) is 10.9. The minimum absolute atomic E-state index is 0.135. The van der Waals surface area contributed by atoms with Crippen LogP contribution in [-0.2, 0) is 13.0 Å². The second-order valence-corrected chi connectivity index (χ2v) is 4.41. The lowest BCUT2D eigenvalue weighted by atomic mass is 10.1. The molecule has 2 heterocycles. The summed E-state index contributed by atoms with van der Waals surface area (Å²) in [6.45, 7) is 4.96. The first-order chi connectivity index (χ1) is 8.70. The van der Waals surface area contributed by atoms with Gasteiger partial charge in [0.1, 0.15) is 12.2 Å². The summed E-state index contributed by atoms with van der Waals surface area (Å²) in [7, 11) is 0. The summed E-state index contributed by atoms with van der Waals surface area (Å²) in [5, 5.41) is 4.20. The van der Waals surface area contributed by atoms with Gasteiger partial charge >= 0.3 is 0 Å². The van der Waals surface area contributed by atoms with Gasteiger partial charge in [-0.15, -0.1) is 0 Å². The Labute approximate surface area is 107 Å². The lowest BCUT2D eigenvalue weighted by molar-refractivity contribution is 0.544. The highest BCUT2D eigenvalue weighted by Gasteiger charge is 2.12. The van der Waals surface area contributed by atoms with Gasteiger partial charge in [-0.2, -0.15) is 5.10 Å². The van der Waals surface area contributed by atoms with Crippen molar-refractivity contribution in [2.75, 3.05) is 0 Å². The monoisotopic (exact) mass is 245 g/mol. The van der Waals surface area contributed by atoms with Crippen LogP contribution in [0.2, 0.25) is 0 Å². The van der Waals surface area contributed by atoms with E-state index in [1.165, 1.54) is 0 Å². The van der Waals surface area contributed by atoms with Gasteiger partial charge in [-0.25, -0.2) is 4.98 Å². The van der Waals surface area contributed by atoms with Crippen LogP contribution in [0.25, 0.3) is 0 Å². The van der Waals surface area contributed by atoms with E-state index in [0.29, 0.717) is 6.42 Å². The molecule has 0 aliphatic rings. The molecule has 2 N–H and O–H groups in total. The fourth-order valence-electron chi connectivity index (χ4n) is 1.92. The molecular weight excluding hydrogens is 226 g/mol. The molecule has 0 aliphatic heterocycles. The van der Waals surface area contributed by atoms with Crippen molar-refractivity contribution in [2.24, 2.45) is 5.73 Å². The number of nitrogens with zero attached hydrogens (tertiary/aromatic N) is 4. The summed E-state index contributed by atoms with van der Waals surface area (Å²) < 4.78 is 1.91. The van der Waals surface area contributed by atoms with E-state index in [9.17, 15) is 0 Å². The Bertz CT molecular complexity index is 506. The molecule has 5 nitrogen and oxygen atoms in total. The summed E-state index contributed by atoms with van der Waals surface area (Å²) >= 11 is 0. The second-order valence-electron chi connectivity index (χ2n) is 4.41. The highest BCUT2D eigenvalue weighted by molar-refractivity contribution is 5.14. The molecule has 0 spiro atoms. The van der Waals surface area contributed by atoms with Crippen LogP contribution in [0.4, 0.5) is 0 Å². The minimum Gasteiger partial charge on any atom is -0.322 e. The molecule has 2 aromatic rings. The van der Waals surface area contributed by atoms with E-state index in [1.54, 1.807) is 6.33 Å². The van der Waals surface area contributed by atoms with Crippen molar-refractivity contribution in [3.63, 3.8) is 0 Å². The van der Waals surface area contributed by atoms with Gasteiger partial charge in [-0.1, -0.05) is 13.0 Å². The first-order valence-corrected chi connectivity index (χ1v) is 6.26. The molecule has 0 aliphatic carbocycles. The third kappa shape index (κ3) is 2.92. The maximum Gasteiger partial charge on any atom is 0.138 e. The SMILES string of the molecule is CCCn1ncnc1CC(N)c1cccc(C)n1. The van der Waals surface area contributed by atoms with Gasteiger partial charge in [0.15, 0.2) is 0 Å². The molecule has 5 heteroatoms. The molecule has 18 heavy (non-hydrogen) atoms. The quantitative estimate of drug-likeness (QED) is 0.869. The number of aryl methyl sites for hydroxylation is 2. The van der Waals surface area contributed by atoms with E-state index in [-0.39, 0.29) is 6.04 Å². The van der Waals surface area contributed by atoms with Crippen molar-refractivity contribution in [2.45, 2.75) is 39.3 Å². The lowest BCUT2D eigenvalue weighted by Gasteiger charge is -2.12. The van der Waals surface area contributed by atoms with Gasteiger partial charge in [-0.05, 0) is 25.5 Å². The average molecular weight is 245 g/mol. The van der Waals surface area contributed by atoms with Gasteiger partial charge < -0.3 is 5.73 Å². The Hall–Kier alpha value is -1.75. The number of hydrogen-bond donors (Lipinski definition) is 1. The first kappa shape index (κ1) is 12.7. The fourth-order valence-corrected chi connectivity index (χ4v) is 1.92. The Morgan fingerprint density at radius 2 is 2.22 bits per heavy atom. The van der Waals surface area contributed by atoms with Crippen LogP contribution in [0.3, 0.4) is 0 Å². The van der Waals surface area contributed by atoms with Crippen molar-refractivity contribution in [1.82, 2.24) is 19.7 Å². The van der Waals surface area contributed by atoms with E-state index in [0.717, 1.165) is 30.2 Å². The number of rotatable bonds is 5. The molecule has 0 saturated carbocycles. The Morgan fingerprint density at radius 1 is 1.39 bits per heavy atom. The molecule has 1 atom stereocenters. The predicted octanol–water partition coefficient (Wildman–Crippen LogP) is 1.63. The molecule has 0 aromatic carbocycles. The first-order valence-electron chi connectivity index (χ1n) is 6.26. The van der Waals surface area contributed by atoms with Crippen LogP contribution in [0.15, 0.2) is 24.5 Å². The van der Waals surface area contributed by atoms with Crippen LogP contribution in [-0.4, -0.2) is 19.7 Å². The van der Waals surface area contributed by atoms with E-state index in [1.807, 2.05) is 29.8 Å². The molecule has 0 saturated heterocycles. The number of hydrogen-bond acceptors (Lipinski definition) is 4. The molecule has 2 aromatic heterocycles. The fraction of sp³-hybridized carbons (Fsp3) is 0.462. The topological polar surface area (TPSA) is 69.6 Å². The third-order valence-electron chi connectivity index (χ3n) is 2.82. The van der Waals surface area contributed by atoms with Crippen molar-refractivity contribution < 1.29 is 0 Å². The van der Waals surface area contributed by atoms with Gasteiger partial charge in [0, 0.05) is 18.7 Å². The molecule has 0 amide bonds. The van der Waals surface area contributed by atoms with Gasteiger partial charge in [0.05, 0.1) is 11.7 Å². The maximum absolute atomic E-state index is 6.18. The number of aromatic nitrogens is 4. The molecular formula is C13H19N5. The standard InChI is InChI=1S/C13H19N5/c1-3-7-18-13(15-9-16-18)8-11(14)12-6-4-5-10(2)17-12/h4-6,9,11H,3,7-8,14H2,1-2H3. The Morgan fingerprint density at radius 3 is 2.94 bits per heavy atom. The van der Waals surface area contributed by atoms with E-state index in [4.69, 9.17) is 5.73 Å². The van der Waals surface area contributed by atoms with Crippen molar-refractivity contribution >= 4 is 0 Å². The highest BCUT2D eigenvalue weighted by atomic mass is 15.3. The summed E-state index contributed by atoms with van der Waals surface area (Å²) in [6, 6.07) is 5.77. The van der Waals surface area contributed by atoms with E-state index in [2.05, 4.69) is 22.0 Å². The van der Waals surface area contributed by atoms with Crippen molar-refractivity contribution in [3.05, 3.63) is 41.7 Å². The Kier molecular flexibility index (Phi) is 4.04. The maximum atomic E-state index is 6.18. The average Bonchev–Trinajstić information content (AvgIpc) is 2.77. The molecule has 1 unspecified atom stereocenters. The van der Waals surface area contributed by atoms with E-state index >= 15 is 0 Å². The van der Waals surface area contributed by atoms with Gasteiger partial charge in [0.25, 0.3) is 0 Å². The van der Waals surface area contributed by atoms with Crippen LogP contribution >= 0.6 is 0 Å². The molecule has 0 bridgehead atoms. The molecule has 96 valence electrons. The normalized spacial score (nSPS) is 12.6. The van der Waals surface area contributed by atoms with Gasteiger partial charge in [0.2, 0.25) is 0 Å². The van der Waals surface area contributed by atoms with Crippen molar-refractivity contribution in [1.29, 1.82) is 0 Å². The lowest BCUT2D eigenvalue weighted by Crippen LogP contribution is -2.18. The smallest absolute Gasteiger partial charge is 0.138 e. The summed E-state index contributed by atoms with van der Waals surface area (Å²) in [4.78, 5) is 8.71. The molecule has 2 rings (SSSR count). The Balaban J connectivity index is 2.11. The summed E-state index contributed by atoms with van der Waals surface area (Å²) in [5.41, 5.74) is 8.06. The van der Waals surface area contributed by atoms with Crippen LogP contribution < -0.4 is 5.73 Å². The van der Waals surface area contributed by atoms with Crippen LogP contribution in [0.5, 0.6) is 0 Å². The third-order valence-corrected chi connectivity index (χ3v) is 2.82. The number of nitrogens with two attached hydrogens (primary N) is 1. The zero-order chi connectivity index (χ0) is 13.0. The zero-order valence-electron chi connectivity index (χ0n) is 10.9. The number of pyridine rings is 1. The molecule has 0 fully saturated rings. The predicted molar refractivity (Wildman–Crippen MR) is 69.9 cm³/mol. The van der Waals surface area contributed by atoms with Crippen LogP contribution in [0, 0.1) is 6.92 Å². The highest BCUT2D eigenvalue weighted by Crippen LogP contribution is 2.13. The minimum atomic E-state index is -0.135. The summed E-state index contributed by atoms with van der Waals surface area (Å²) in [5.74, 6) is 0.924. The van der Waals surface area contributed by atoms with E-state index < -0.39 is 0 Å².